The number of rotatable bonds is 7. The van der Waals surface area contributed by atoms with Gasteiger partial charge in [-0.15, -0.1) is 0 Å². The molecule has 16 heavy (non-hydrogen) atoms. The molecule has 1 heterocycles. The van der Waals surface area contributed by atoms with Crippen LogP contribution < -0.4 is 5.32 Å². The van der Waals surface area contributed by atoms with E-state index in [1.54, 1.807) is 12.4 Å². The van der Waals surface area contributed by atoms with Crippen LogP contribution in [-0.2, 0) is 11.3 Å². The number of aryl methyl sites for hydroxylation is 1. The van der Waals surface area contributed by atoms with Gasteiger partial charge in [0.25, 0.3) is 6.43 Å². The standard InChI is InChI=1S/C11H16F2N2O/c1-9-4-10(7-15-5-9)6-14-2-3-16-8-11(12)13/h4-5,7,11,14H,2-3,6,8H2,1H3. The molecule has 0 amide bonds. The molecule has 90 valence electrons. The van der Waals surface area contributed by atoms with Crippen molar-refractivity contribution in [2.45, 2.75) is 19.9 Å². The molecule has 0 bridgehead atoms. The van der Waals surface area contributed by atoms with Crippen LogP contribution in [0.2, 0.25) is 0 Å². The van der Waals surface area contributed by atoms with Gasteiger partial charge in [0.15, 0.2) is 0 Å². The monoisotopic (exact) mass is 230 g/mol. The van der Waals surface area contributed by atoms with Gasteiger partial charge in [-0.1, -0.05) is 6.07 Å². The van der Waals surface area contributed by atoms with Gasteiger partial charge in [0.1, 0.15) is 6.61 Å². The molecule has 1 aromatic heterocycles. The van der Waals surface area contributed by atoms with Crippen LogP contribution in [0.3, 0.4) is 0 Å². The number of halogens is 2. The van der Waals surface area contributed by atoms with E-state index in [0.717, 1.165) is 11.1 Å². The molecule has 0 aliphatic heterocycles. The quantitative estimate of drug-likeness (QED) is 0.725. The topological polar surface area (TPSA) is 34.2 Å². The zero-order valence-electron chi connectivity index (χ0n) is 9.25. The number of pyridine rings is 1. The van der Waals surface area contributed by atoms with Gasteiger partial charge in [-0.05, 0) is 18.1 Å². The summed E-state index contributed by atoms with van der Waals surface area (Å²) in [7, 11) is 0. The van der Waals surface area contributed by atoms with Gasteiger partial charge in [0.2, 0.25) is 0 Å². The summed E-state index contributed by atoms with van der Waals surface area (Å²) >= 11 is 0. The Morgan fingerprint density at radius 3 is 2.94 bits per heavy atom. The van der Waals surface area contributed by atoms with E-state index >= 15 is 0 Å². The first-order valence-electron chi connectivity index (χ1n) is 5.15. The predicted molar refractivity (Wildman–Crippen MR) is 57.5 cm³/mol. The second kappa shape index (κ2) is 7.24. The zero-order valence-corrected chi connectivity index (χ0v) is 9.25. The fraction of sp³-hybridized carbons (Fsp3) is 0.545. The van der Waals surface area contributed by atoms with Crippen LogP contribution in [0.5, 0.6) is 0 Å². The number of hydrogen-bond acceptors (Lipinski definition) is 3. The van der Waals surface area contributed by atoms with Crippen LogP contribution in [0.25, 0.3) is 0 Å². The number of nitrogens with zero attached hydrogens (tertiary/aromatic N) is 1. The molecule has 1 N–H and O–H groups in total. The maximum atomic E-state index is 11.7. The predicted octanol–water partition coefficient (Wildman–Crippen LogP) is 1.76. The summed E-state index contributed by atoms with van der Waals surface area (Å²) in [6, 6.07) is 2.03. The minimum absolute atomic E-state index is 0.295. The van der Waals surface area contributed by atoms with E-state index in [2.05, 4.69) is 10.3 Å². The summed E-state index contributed by atoms with van der Waals surface area (Å²) in [4.78, 5) is 4.05. The molecule has 0 fully saturated rings. The molecule has 1 aromatic rings. The molecule has 0 unspecified atom stereocenters. The number of alkyl halides is 2. The number of hydrogen-bond donors (Lipinski definition) is 1. The van der Waals surface area contributed by atoms with Crippen LogP contribution in [-0.4, -0.2) is 31.2 Å². The van der Waals surface area contributed by atoms with Gasteiger partial charge in [-0.3, -0.25) is 4.98 Å². The molecular formula is C11H16F2N2O. The largest absolute Gasteiger partial charge is 0.374 e. The molecule has 0 saturated carbocycles. The number of nitrogens with one attached hydrogen (secondary N) is 1. The molecular weight excluding hydrogens is 214 g/mol. The average Bonchev–Trinajstić information content (AvgIpc) is 2.23. The van der Waals surface area contributed by atoms with E-state index in [0.29, 0.717) is 19.7 Å². The number of aromatic nitrogens is 1. The molecule has 1 rings (SSSR count). The van der Waals surface area contributed by atoms with Crippen molar-refractivity contribution in [1.82, 2.24) is 10.3 Å². The van der Waals surface area contributed by atoms with E-state index in [4.69, 9.17) is 4.74 Å². The first-order valence-corrected chi connectivity index (χ1v) is 5.15. The lowest BCUT2D eigenvalue weighted by Gasteiger charge is -2.06. The Hall–Kier alpha value is -1.07. The Morgan fingerprint density at radius 1 is 1.44 bits per heavy atom. The molecule has 0 radical (unpaired) electrons. The lowest BCUT2D eigenvalue weighted by molar-refractivity contribution is 0.0187. The van der Waals surface area contributed by atoms with Crippen molar-refractivity contribution in [1.29, 1.82) is 0 Å². The molecule has 0 aliphatic rings. The highest BCUT2D eigenvalue weighted by Crippen LogP contribution is 2.00. The first kappa shape index (κ1) is 13.0. The molecule has 0 spiro atoms. The summed E-state index contributed by atoms with van der Waals surface area (Å²) in [6.07, 6.45) is 1.18. The summed E-state index contributed by atoms with van der Waals surface area (Å²) in [5, 5.41) is 3.09. The van der Waals surface area contributed by atoms with Crippen molar-refractivity contribution in [2.24, 2.45) is 0 Å². The van der Waals surface area contributed by atoms with E-state index in [-0.39, 0.29) is 0 Å². The maximum absolute atomic E-state index is 11.7. The third kappa shape index (κ3) is 5.72. The summed E-state index contributed by atoms with van der Waals surface area (Å²) < 4.78 is 28.1. The van der Waals surface area contributed by atoms with Crippen LogP contribution in [0, 0.1) is 6.92 Å². The summed E-state index contributed by atoms with van der Waals surface area (Å²) in [5.74, 6) is 0. The fourth-order valence-corrected chi connectivity index (χ4v) is 1.26. The second-order valence-corrected chi connectivity index (χ2v) is 3.51. The van der Waals surface area contributed by atoms with Gasteiger partial charge in [-0.2, -0.15) is 0 Å². The Bertz CT molecular complexity index is 308. The second-order valence-electron chi connectivity index (χ2n) is 3.51. The highest BCUT2D eigenvalue weighted by Gasteiger charge is 2.00. The zero-order chi connectivity index (χ0) is 11.8. The highest BCUT2D eigenvalue weighted by atomic mass is 19.3. The third-order valence-corrected chi connectivity index (χ3v) is 1.93. The van der Waals surface area contributed by atoms with Gasteiger partial charge >= 0.3 is 0 Å². The van der Waals surface area contributed by atoms with Crippen LogP contribution >= 0.6 is 0 Å². The normalized spacial score (nSPS) is 11.0. The smallest absolute Gasteiger partial charge is 0.261 e. The van der Waals surface area contributed by atoms with Crippen LogP contribution in [0.4, 0.5) is 8.78 Å². The van der Waals surface area contributed by atoms with E-state index in [1.165, 1.54) is 0 Å². The van der Waals surface area contributed by atoms with Crippen molar-refractivity contribution in [3.63, 3.8) is 0 Å². The Balaban J connectivity index is 2.07. The van der Waals surface area contributed by atoms with Gasteiger partial charge in [0.05, 0.1) is 6.61 Å². The Morgan fingerprint density at radius 2 is 2.25 bits per heavy atom. The van der Waals surface area contributed by atoms with Crippen molar-refractivity contribution < 1.29 is 13.5 Å². The van der Waals surface area contributed by atoms with Gasteiger partial charge in [0, 0.05) is 25.5 Å². The number of ether oxygens (including phenoxy) is 1. The van der Waals surface area contributed by atoms with Gasteiger partial charge < -0.3 is 10.1 Å². The molecule has 3 nitrogen and oxygen atoms in total. The van der Waals surface area contributed by atoms with E-state index in [1.807, 2.05) is 13.0 Å². The lowest BCUT2D eigenvalue weighted by atomic mass is 10.2. The minimum atomic E-state index is -2.39. The van der Waals surface area contributed by atoms with E-state index < -0.39 is 13.0 Å². The molecule has 0 aliphatic carbocycles. The van der Waals surface area contributed by atoms with Crippen molar-refractivity contribution in [2.75, 3.05) is 19.8 Å². The first-order chi connectivity index (χ1) is 7.68. The van der Waals surface area contributed by atoms with Crippen molar-refractivity contribution >= 4 is 0 Å². The summed E-state index contributed by atoms with van der Waals surface area (Å²) in [5.41, 5.74) is 2.18. The third-order valence-electron chi connectivity index (χ3n) is 1.93. The van der Waals surface area contributed by atoms with Crippen LogP contribution in [0.1, 0.15) is 11.1 Å². The van der Waals surface area contributed by atoms with Crippen molar-refractivity contribution in [3.05, 3.63) is 29.6 Å². The lowest BCUT2D eigenvalue weighted by Crippen LogP contribution is -2.20. The highest BCUT2D eigenvalue weighted by molar-refractivity contribution is 5.16. The molecule has 0 aromatic carbocycles. The Kier molecular flexibility index (Phi) is 5.88. The minimum Gasteiger partial charge on any atom is -0.374 e. The van der Waals surface area contributed by atoms with Gasteiger partial charge in [-0.25, -0.2) is 8.78 Å². The molecule has 0 atom stereocenters. The van der Waals surface area contributed by atoms with Crippen molar-refractivity contribution in [3.8, 4) is 0 Å². The average molecular weight is 230 g/mol. The fourth-order valence-electron chi connectivity index (χ4n) is 1.26. The molecule has 5 heteroatoms. The Labute approximate surface area is 93.8 Å². The summed E-state index contributed by atoms with van der Waals surface area (Å²) in [6.45, 7) is 3.01. The SMILES string of the molecule is Cc1cncc(CNCCOCC(F)F)c1. The molecule has 0 saturated heterocycles. The van der Waals surface area contributed by atoms with Crippen LogP contribution in [0.15, 0.2) is 18.5 Å². The van der Waals surface area contributed by atoms with E-state index in [9.17, 15) is 8.78 Å². The maximum Gasteiger partial charge on any atom is 0.261 e.